The number of hydrogen-bond donors (Lipinski definition) is 0. The Bertz CT molecular complexity index is 1590. The summed E-state index contributed by atoms with van der Waals surface area (Å²) in [5.41, 5.74) is -2.75. The van der Waals surface area contributed by atoms with Gasteiger partial charge in [-0.25, -0.2) is 0 Å². The number of halogens is 8. The average molecular weight is 1420 g/mol. The van der Waals surface area contributed by atoms with Crippen LogP contribution in [0.25, 0.3) is 0 Å². The van der Waals surface area contributed by atoms with Crippen molar-refractivity contribution < 1.29 is 11.2 Å². The Morgan fingerprint density at radius 1 is 0.293 bits per heavy atom. The Balaban J connectivity index is 0.000000252. The van der Waals surface area contributed by atoms with E-state index in [-0.39, 0.29) is 0 Å². The van der Waals surface area contributed by atoms with Gasteiger partial charge in [0.1, 0.15) is 46.4 Å². The van der Waals surface area contributed by atoms with Gasteiger partial charge < -0.3 is 0 Å². The summed E-state index contributed by atoms with van der Waals surface area (Å²) >= 11 is 26.1. The first kappa shape index (κ1) is 53.4. The molecule has 6 rings (SSSR count). The van der Waals surface area contributed by atoms with E-state index in [1.807, 2.05) is 0 Å². The second-order valence-corrected chi connectivity index (χ2v) is 91.9. The molecule has 0 bridgehead atoms. The maximum absolute atomic E-state index is 3.27. The van der Waals surface area contributed by atoms with E-state index in [1.165, 1.54) is 82.7 Å². The molecule has 316 valence electrons. The van der Waals surface area contributed by atoms with Crippen molar-refractivity contribution in [2.45, 2.75) is 52.4 Å². The van der Waals surface area contributed by atoms with Crippen LogP contribution in [0.15, 0.2) is 182 Å². The fourth-order valence-corrected chi connectivity index (χ4v) is 15.8. The number of unbranched alkanes of at least 4 members (excludes halogenated alkanes) is 4. The molecular weight excluding hydrogens is 1360 g/mol. The van der Waals surface area contributed by atoms with Crippen LogP contribution in [0.4, 0.5) is 0 Å². The third kappa shape index (κ3) is 19.0. The van der Waals surface area contributed by atoms with Crippen molar-refractivity contribution in [1.29, 1.82) is 0 Å². The predicted octanol–water partition coefficient (Wildman–Crippen LogP) is 17.1. The van der Waals surface area contributed by atoms with Gasteiger partial charge in [-0.2, -0.15) is 0 Å². The van der Waals surface area contributed by atoms with Crippen LogP contribution in [-0.2, 0) is 11.2 Å². The van der Waals surface area contributed by atoms with E-state index in [9.17, 15) is 0 Å². The minimum atomic E-state index is -1.58. The number of rotatable bonds is 14. The molecule has 0 nitrogen and oxygen atoms in total. The molecule has 6 aromatic rings. The van der Waals surface area contributed by atoms with Gasteiger partial charge in [0.05, 0.1) is 12.3 Å². The second kappa shape index (κ2) is 28.8. The van der Waals surface area contributed by atoms with Crippen molar-refractivity contribution in [3.05, 3.63) is 182 Å². The van der Waals surface area contributed by atoms with Crippen molar-refractivity contribution >= 4 is 159 Å². The first-order chi connectivity index (χ1) is 27.8. The van der Waals surface area contributed by atoms with E-state index in [2.05, 4.69) is 309 Å². The summed E-state index contributed by atoms with van der Waals surface area (Å²) in [5, 5.41) is 8.99. The SMILES string of the molecule is CCCCC[P+](c1ccccc1)(c1ccccc1)c1ccccc1.CCCCC[P+](c1ccccc1)(c1ccccc1)c1ccccc1.[Br][Mn-]([Br])([Br])[Br].[Br][Mn-]([Br])([Br])[Br]. The fourth-order valence-electron chi connectivity index (χ4n) is 6.96. The van der Waals surface area contributed by atoms with E-state index in [4.69, 9.17) is 0 Å². The average Bonchev–Trinajstić information content (AvgIpc) is 3.22. The van der Waals surface area contributed by atoms with Gasteiger partial charge in [-0.1, -0.05) is 149 Å². The summed E-state index contributed by atoms with van der Waals surface area (Å²) in [6.45, 7) is 4.57. The quantitative estimate of drug-likeness (QED) is 0.0579. The molecule has 12 heteroatoms. The Hall–Kier alpha value is 1.06. The zero-order valence-corrected chi connectivity index (χ0v) is 49.5. The van der Waals surface area contributed by atoms with E-state index in [0.717, 1.165) is 0 Å². The molecule has 0 heterocycles. The van der Waals surface area contributed by atoms with Crippen LogP contribution in [0, 0.1) is 0 Å². The molecule has 0 atom stereocenters. The Kier molecular flexibility index (Phi) is 26.5. The van der Waals surface area contributed by atoms with Crippen molar-refractivity contribution in [1.82, 2.24) is 0 Å². The number of benzene rings is 6. The monoisotopic (exact) mass is 1410 g/mol. The van der Waals surface area contributed by atoms with Crippen LogP contribution in [0.3, 0.4) is 0 Å². The van der Waals surface area contributed by atoms with Gasteiger partial charge in [0.15, 0.2) is 0 Å². The van der Waals surface area contributed by atoms with Gasteiger partial charge in [0.25, 0.3) is 0 Å². The normalized spacial score (nSPS) is 12.0. The second-order valence-electron chi connectivity index (χ2n) is 13.1. The summed E-state index contributed by atoms with van der Waals surface area (Å²) in [4.78, 5) is 0. The molecular formula is C46H52Br8Mn2P2. The minimum absolute atomic E-state index is 1.25. The van der Waals surface area contributed by atoms with E-state index < -0.39 is 25.8 Å². The summed E-state index contributed by atoms with van der Waals surface area (Å²) in [5.74, 6) is 0. The molecule has 0 radical (unpaired) electrons. The Morgan fingerprint density at radius 2 is 0.448 bits per heavy atom. The van der Waals surface area contributed by atoms with Crippen LogP contribution < -0.4 is 31.8 Å². The van der Waals surface area contributed by atoms with Crippen molar-refractivity contribution in [2.75, 3.05) is 12.3 Å². The van der Waals surface area contributed by atoms with Gasteiger partial charge in [0.2, 0.25) is 0 Å². The zero-order chi connectivity index (χ0) is 42.3. The van der Waals surface area contributed by atoms with Gasteiger partial charge in [-0.3, -0.25) is 0 Å². The molecule has 0 aromatic heterocycles. The maximum atomic E-state index is 3.27. The zero-order valence-electron chi connectivity index (χ0n) is 32.7. The fraction of sp³-hybridized carbons (Fsp3) is 0.217. The predicted molar refractivity (Wildman–Crippen MR) is 290 cm³/mol. The Morgan fingerprint density at radius 3 is 0.586 bits per heavy atom. The molecule has 0 aliphatic carbocycles. The molecule has 0 unspecified atom stereocenters. The van der Waals surface area contributed by atoms with Gasteiger partial charge in [-0.15, -0.1) is 0 Å². The van der Waals surface area contributed by atoms with Crippen LogP contribution >= 0.6 is 127 Å². The number of hydrogen-bond acceptors (Lipinski definition) is 0. The molecule has 0 aliphatic rings. The molecule has 58 heavy (non-hydrogen) atoms. The molecule has 0 N–H and O–H groups in total. The van der Waals surface area contributed by atoms with Gasteiger partial charge >= 0.3 is 124 Å². The van der Waals surface area contributed by atoms with Crippen LogP contribution in [0.5, 0.6) is 0 Å². The van der Waals surface area contributed by atoms with Crippen molar-refractivity contribution in [2.24, 2.45) is 0 Å². The molecule has 0 saturated carbocycles. The summed E-state index contributed by atoms with van der Waals surface area (Å²) in [6.07, 6.45) is 10.2. The van der Waals surface area contributed by atoms with Crippen LogP contribution in [0.1, 0.15) is 52.4 Å². The van der Waals surface area contributed by atoms with E-state index in [1.54, 1.807) is 0 Å². The van der Waals surface area contributed by atoms with Crippen molar-refractivity contribution in [3.63, 3.8) is 0 Å². The van der Waals surface area contributed by atoms with Crippen LogP contribution in [0.2, 0.25) is 0 Å². The first-order valence-corrected chi connectivity index (χ1v) is 46.3. The van der Waals surface area contributed by atoms with E-state index >= 15 is 0 Å². The standard InChI is InChI=1S/2C23H26P.8BrH.2Mn/c2*1-2-3-13-20-24(21-14-7-4-8-15-21,22-16-9-5-10-17-22)23-18-11-6-12-19-23;;;;;;;;;;/h2*4-12,14-19H,2-3,13,20H2,1H3;8*1H;;/q2*+1;;;;;;;;;2*+3/p-8. The molecule has 6 aromatic carbocycles. The third-order valence-corrected chi connectivity index (χ3v) is 18.4. The van der Waals surface area contributed by atoms with Gasteiger partial charge in [-0.05, 0) is 85.6 Å². The molecule has 0 spiro atoms. The molecule has 0 saturated heterocycles. The van der Waals surface area contributed by atoms with Gasteiger partial charge in [0, 0.05) is 0 Å². The molecule has 0 aliphatic heterocycles. The van der Waals surface area contributed by atoms with E-state index in [0.29, 0.717) is 0 Å². The summed E-state index contributed by atoms with van der Waals surface area (Å²) in [7, 11) is -3.17. The first-order valence-electron chi connectivity index (χ1n) is 19.0. The Labute approximate surface area is 411 Å². The summed E-state index contributed by atoms with van der Waals surface area (Å²) in [6, 6.07) is 67.0. The van der Waals surface area contributed by atoms with Crippen LogP contribution in [-0.4, -0.2) is 12.3 Å². The molecule has 0 amide bonds. The topological polar surface area (TPSA) is 0 Å². The summed E-state index contributed by atoms with van der Waals surface area (Å²) < 4.78 is 0. The molecule has 0 fully saturated rings. The third-order valence-electron chi connectivity index (χ3n) is 9.38. The van der Waals surface area contributed by atoms with Crippen molar-refractivity contribution in [3.8, 4) is 0 Å².